The van der Waals surface area contributed by atoms with E-state index in [4.69, 9.17) is 28.9 Å². The van der Waals surface area contributed by atoms with Crippen LogP contribution in [0.4, 0.5) is 10.1 Å². The first-order valence-electron chi connectivity index (χ1n) is 5.87. The number of nitrogen functional groups attached to an aromatic ring is 1. The van der Waals surface area contributed by atoms with Gasteiger partial charge in [0.2, 0.25) is 0 Å². The zero-order valence-corrected chi connectivity index (χ0v) is 12.2. The Morgan fingerprint density at radius 2 is 2.05 bits per heavy atom. The molecular weight excluding hydrogens is 302 g/mol. The van der Waals surface area contributed by atoms with Crippen molar-refractivity contribution in [2.75, 3.05) is 5.73 Å². The van der Waals surface area contributed by atoms with Gasteiger partial charge in [0.05, 0.1) is 10.6 Å². The number of nitrogens with zero attached hydrogens (tertiary/aromatic N) is 1. The summed E-state index contributed by atoms with van der Waals surface area (Å²) in [7, 11) is 0. The van der Waals surface area contributed by atoms with Crippen LogP contribution in [0.25, 0.3) is 0 Å². The van der Waals surface area contributed by atoms with Crippen molar-refractivity contribution in [1.82, 2.24) is 4.98 Å². The first-order valence-corrected chi connectivity index (χ1v) is 6.62. The maximum Gasteiger partial charge on any atom is 0.142 e. The second kappa shape index (κ2) is 5.56. The van der Waals surface area contributed by atoms with Gasteiger partial charge in [0.25, 0.3) is 0 Å². The summed E-state index contributed by atoms with van der Waals surface area (Å²) in [5.74, 6) is -0.634. The van der Waals surface area contributed by atoms with E-state index in [2.05, 4.69) is 4.98 Å². The third-order valence-electron chi connectivity index (χ3n) is 3.07. The molecule has 106 valence electrons. The normalized spacial score (nSPS) is 14.1. The molecule has 0 spiro atoms. The van der Waals surface area contributed by atoms with Gasteiger partial charge in [-0.1, -0.05) is 23.2 Å². The molecule has 2 rings (SSSR count). The zero-order valence-electron chi connectivity index (χ0n) is 10.7. The Labute approximate surface area is 126 Å². The number of hydrogen-bond acceptors (Lipinski definition) is 3. The number of aromatic nitrogens is 1. The van der Waals surface area contributed by atoms with E-state index in [1.54, 1.807) is 18.5 Å². The van der Waals surface area contributed by atoms with Crippen molar-refractivity contribution in [2.24, 2.45) is 0 Å². The fraction of sp³-hybridized carbons (Fsp3) is 0.214. The summed E-state index contributed by atoms with van der Waals surface area (Å²) in [5, 5.41) is 10.7. The van der Waals surface area contributed by atoms with Gasteiger partial charge in [0.1, 0.15) is 5.82 Å². The monoisotopic (exact) mass is 314 g/mol. The van der Waals surface area contributed by atoms with E-state index in [1.165, 1.54) is 13.0 Å². The number of rotatable bonds is 3. The highest BCUT2D eigenvalue weighted by atomic mass is 35.5. The van der Waals surface area contributed by atoms with Gasteiger partial charge in [-0.15, -0.1) is 0 Å². The van der Waals surface area contributed by atoms with Gasteiger partial charge in [-0.3, -0.25) is 4.98 Å². The average molecular weight is 315 g/mol. The van der Waals surface area contributed by atoms with Crippen LogP contribution in [0.1, 0.15) is 18.1 Å². The van der Waals surface area contributed by atoms with Gasteiger partial charge in [0.15, 0.2) is 0 Å². The molecule has 3 nitrogen and oxygen atoms in total. The molecule has 0 aliphatic carbocycles. The van der Waals surface area contributed by atoms with E-state index in [0.717, 1.165) is 6.07 Å². The molecule has 1 heterocycles. The van der Waals surface area contributed by atoms with Crippen LogP contribution in [-0.4, -0.2) is 10.1 Å². The van der Waals surface area contributed by atoms with Gasteiger partial charge < -0.3 is 10.8 Å². The van der Waals surface area contributed by atoms with Gasteiger partial charge >= 0.3 is 0 Å². The van der Waals surface area contributed by atoms with Crippen LogP contribution in [0.2, 0.25) is 10.0 Å². The molecule has 1 aromatic carbocycles. The number of halogens is 3. The lowest BCUT2D eigenvalue weighted by Gasteiger charge is -2.25. The Balaban J connectivity index is 2.40. The first kappa shape index (κ1) is 15.0. The third kappa shape index (κ3) is 3.03. The fourth-order valence-corrected chi connectivity index (χ4v) is 2.57. The summed E-state index contributed by atoms with van der Waals surface area (Å²) in [6.45, 7) is 1.54. The molecule has 1 unspecified atom stereocenters. The molecular formula is C14H13Cl2FN2O. The highest BCUT2D eigenvalue weighted by Crippen LogP contribution is 2.34. The molecule has 0 aliphatic rings. The molecule has 20 heavy (non-hydrogen) atoms. The Hall–Kier alpha value is -1.36. The Kier molecular flexibility index (Phi) is 4.18. The Bertz CT molecular complexity index is 647. The van der Waals surface area contributed by atoms with Crippen LogP contribution < -0.4 is 5.73 Å². The molecule has 0 saturated carbocycles. The van der Waals surface area contributed by atoms with Gasteiger partial charge in [0, 0.05) is 35.1 Å². The predicted octanol–water partition coefficient (Wildman–Crippen LogP) is 3.56. The maximum absolute atomic E-state index is 13.6. The van der Waals surface area contributed by atoms with Crippen molar-refractivity contribution < 1.29 is 9.50 Å². The second-order valence-electron chi connectivity index (χ2n) is 4.77. The lowest BCUT2D eigenvalue weighted by atomic mass is 9.89. The van der Waals surface area contributed by atoms with E-state index >= 15 is 0 Å². The third-order valence-corrected chi connectivity index (χ3v) is 3.67. The highest BCUT2D eigenvalue weighted by molar-refractivity contribution is 6.35. The molecule has 2 aromatic rings. The van der Waals surface area contributed by atoms with Gasteiger partial charge in [-0.25, -0.2) is 4.39 Å². The van der Waals surface area contributed by atoms with Crippen LogP contribution in [0, 0.1) is 5.82 Å². The zero-order chi connectivity index (χ0) is 14.9. The smallest absolute Gasteiger partial charge is 0.142 e. The summed E-state index contributed by atoms with van der Waals surface area (Å²) in [6.07, 6.45) is 3.28. The van der Waals surface area contributed by atoms with E-state index in [0.29, 0.717) is 11.3 Å². The van der Waals surface area contributed by atoms with Crippen molar-refractivity contribution in [3.05, 3.63) is 57.6 Å². The number of aliphatic hydroxyl groups is 1. The van der Waals surface area contributed by atoms with Crippen molar-refractivity contribution >= 4 is 28.9 Å². The van der Waals surface area contributed by atoms with Crippen molar-refractivity contribution in [3.63, 3.8) is 0 Å². The maximum atomic E-state index is 13.6. The lowest BCUT2D eigenvalue weighted by Crippen LogP contribution is -2.25. The molecule has 1 atom stereocenters. The van der Waals surface area contributed by atoms with Crippen molar-refractivity contribution in [1.29, 1.82) is 0 Å². The minimum atomic E-state index is -1.39. The lowest BCUT2D eigenvalue weighted by molar-refractivity contribution is 0.0575. The standard InChI is InChI=1S/C14H13Cl2FN2O/c1-14(20,6-8-7-19-3-2-13(8)18)9-4-12(17)11(16)5-10(9)15/h2-5,7,20H,6H2,1H3,(H2,18,19). The predicted molar refractivity (Wildman–Crippen MR) is 78.3 cm³/mol. The van der Waals surface area contributed by atoms with Crippen LogP contribution in [0.3, 0.4) is 0 Å². The molecule has 0 fully saturated rings. The van der Waals surface area contributed by atoms with Gasteiger partial charge in [-0.05, 0) is 30.7 Å². The number of benzene rings is 1. The molecule has 0 radical (unpaired) electrons. The number of anilines is 1. The van der Waals surface area contributed by atoms with E-state index in [-0.39, 0.29) is 22.0 Å². The minimum absolute atomic E-state index is 0.0876. The van der Waals surface area contributed by atoms with E-state index in [9.17, 15) is 9.50 Å². The number of hydrogen-bond donors (Lipinski definition) is 2. The summed E-state index contributed by atoms with van der Waals surface area (Å²) < 4.78 is 13.6. The van der Waals surface area contributed by atoms with E-state index in [1.807, 2.05) is 0 Å². The SMILES string of the molecule is CC(O)(Cc1cnccc1N)c1cc(F)c(Cl)cc1Cl. The summed E-state index contributed by atoms with van der Waals surface area (Å²) in [4.78, 5) is 3.96. The quantitative estimate of drug-likeness (QED) is 0.852. The highest BCUT2D eigenvalue weighted by Gasteiger charge is 2.28. The van der Waals surface area contributed by atoms with E-state index < -0.39 is 11.4 Å². The van der Waals surface area contributed by atoms with Crippen LogP contribution in [0.5, 0.6) is 0 Å². The average Bonchev–Trinajstić information content (AvgIpc) is 2.36. The Morgan fingerprint density at radius 3 is 2.70 bits per heavy atom. The summed E-state index contributed by atoms with van der Waals surface area (Å²) in [5.41, 5.74) is 5.85. The molecule has 1 aromatic heterocycles. The molecule has 0 aliphatic heterocycles. The second-order valence-corrected chi connectivity index (χ2v) is 5.59. The van der Waals surface area contributed by atoms with Crippen molar-refractivity contribution in [3.8, 4) is 0 Å². The topological polar surface area (TPSA) is 59.1 Å². The molecule has 3 N–H and O–H groups in total. The van der Waals surface area contributed by atoms with Gasteiger partial charge in [-0.2, -0.15) is 0 Å². The molecule has 0 bridgehead atoms. The number of nitrogens with two attached hydrogens (primary N) is 1. The Morgan fingerprint density at radius 1 is 1.35 bits per heavy atom. The van der Waals surface area contributed by atoms with Crippen LogP contribution in [0.15, 0.2) is 30.6 Å². The van der Waals surface area contributed by atoms with Crippen LogP contribution in [-0.2, 0) is 12.0 Å². The molecule has 0 saturated heterocycles. The number of pyridine rings is 1. The molecule has 0 amide bonds. The fourth-order valence-electron chi connectivity index (χ4n) is 1.99. The largest absolute Gasteiger partial charge is 0.398 e. The van der Waals surface area contributed by atoms with Crippen molar-refractivity contribution in [2.45, 2.75) is 18.9 Å². The minimum Gasteiger partial charge on any atom is -0.398 e. The summed E-state index contributed by atoms with van der Waals surface area (Å²) >= 11 is 11.7. The van der Waals surface area contributed by atoms with Crippen LogP contribution >= 0.6 is 23.2 Å². The molecule has 6 heteroatoms. The summed E-state index contributed by atoms with van der Waals surface area (Å²) in [6, 6.07) is 4.04. The first-order chi connectivity index (χ1) is 9.31.